The van der Waals surface area contributed by atoms with Crippen LogP contribution in [-0.2, 0) is 6.54 Å². The molecule has 2 N–H and O–H groups in total. The van der Waals surface area contributed by atoms with Gasteiger partial charge in [0.1, 0.15) is 12.4 Å². The van der Waals surface area contributed by atoms with Crippen molar-refractivity contribution < 1.29 is 4.74 Å². The van der Waals surface area contributed by atoms with Gasteiger partial charge in [-0.05, 0) is 42.3 Å². The lowest BCUT2D eigenvalue weighted by Gasteiger charge is -2.16. The number of hydrazone groups is 1. The van der Waals surface area contributed by atoms with Crippen LogP contribution >= 0.6 is 12.2 Å². The number of thiocarbonyl (C=S) groups is 1. The van der Waals surface area contributed by atoms with Crippen LogP contribution in [0, 0.1) is 0 Å². The third kappa shape index (κ3) is 5.15. The molecule has 6 heteroatoms. The van der Waals surface area contributed by atoms with Gasteiger partial charge in [-0.15, -0.1) is 0 Å². The van der Waals surface area contributed by atoms with Crippen LogP contribution < -0.4 is 15.5 Å². The van der Waals surface area contributed by atoms with Crippen molar-refractivity contribution >= 4 is 34.4 Å². The van der Waals surface area contributed by atoms with Gasteiger partial charge in [0, 0.05) is 29.7 Å². The van der Waals surface area contributed by atoms with E-state index < -0.39 is 0 Å². The van der Waals surface area contributed by atoms with Crippen LogP contribution in [0.4, 0.5) is 0 Å². The average molecular weight is 409 g/mol. The maximum Gasteiger partial charge on any atom is 0.186 e. The third-order valence-corrected chi connectivity index (χ3v) is 5.36. The monoisotopic (exact) mass is 408 g/mol. The fourth-order valence-corrected chi connectivity index (χ4v) is 3.33. The van der Waals surface area contributed by atoms with E-state index in [1.165, 1.54) is 5.56 Å². The van der Waals surface area contributed by atoms with E-state index in [9.17, 15) is 0 Å². The first-order chi connectivity index (χ1) is 14.1. The van der Waals surface area contributed by atoms with Gasteiger partial charge in [-0.3, -0.25) is 5.43 Å². The van der Waals surface area contributed by atoms with E-state index in [4.69, 9.17) is 17.0 Å². The van der Waals surface area contributed by atoms with Crippen molar-refractivity contribution in [3.63, 3.8) is 0 Å². The Morgan fingerprint density at radius 3 is 2.76 bits per heavy atom. The minimum atomic E-state index is 0.484. The van der Waals surface area contributed by atoms with E-state index >= 15 is 0 Å². The third-order valence-electron chi connectivity index (χ3n) is 5.07. The summed E-state index contributed by atoms with van der Waals surface area (Å²) in [4.78, 5) is 0. The lowest BCUT2D eigenvalue weighted by molar-refractivity contribution is 0.296. The zero-order valence-corrected chi connectivity index (χ0v) is 18.0. The van der Waals surface area contributed by atoms with Crippen LogP contribution in [0.25, 0.3) is 10.9 Å². The molecule has 0 fully saturated rings. The van der Waals surface area contributed by atoms with Gasteiger partial charge in [0.15, 0.2) is 5.11 Å². The van der Waals surface area contributed by atoms with Gasteiger partial charge in [-0.25, -0.2) is 0 Å². The van der Waals surface area contributed by atoms with Crippen LogP contribution in [0.3, 0.4) is 0 Å². The smallest absolute Gasteiger partial charge is 0.186 e. The molecular weight excluding hydrogens is 380 g/mol. The minimum absolute atomic E-state index is 0.484. The normalized spacial score (nSPS) is 12.2. The van der Waals surface area contributed by atoms with E-state index in [2.05, 4.69) is 70.8 Å². The highest BCUT2D eigenvalue weighted by Gasteiger charge is 2.10. The number of aromatic nitrogens is 1. The molecular formula is C23H28N4OS. The van der Waals surface area contributed by atoms with Crippen LogP contribution in [0.5, 0.6) is 5.75 Å². The molecule has 0 bridgehead atoms. The number of hydrogen-bond donors (Lipinski definition) is 2. The van der Waals surface area contributed by atoms with Gasteiger partial charge >= 0.3 is 0 Å². The first-order valence-corrected chi connectivity index (χ1v) is 10.3. The van der Waals surface area contributed by atoms with Crippen molar-refractivity contribution in [3.05, 3.63) is 65.9 Å². The molecule has 1 aromatic heterocycles. The van der Waals surface area contributed by atoms with Gasteiger partial charge in [0.25, 0.3) is 0 Å². The Morgan fingerprint density at radius 2 is 1.97 bits per heavy atom. The number of benzene rings is 2. The van der Waals surface area contributed by atoms with Crippen molar-refractivity contribution in [1.29, 1.82) is 0 Å². The highest BCUT2D eigenvalue weighted by Crippen LogP contribution is 2.28. The average Bonchev–Trinajstić information content (AvgIpc) is 3.11. The number of fused-ring (bicyclic) bond motifs is 1. The molecule has 3 aromatic rings. The van der Waals surface area contributed by atoms with Crippen molar-refractivity contribution in [2.75, 3.05) is 13.7 Å². The number of nitrogens with one attached hydrogen (secondary N) is 2. The van der Waals surface area contributed by atoms with Crippen molar-refractivity contribution in [2.45, 2.75) is 32.7 Å². The maximum absolute atomic E-state index is 6.16. The van der Waals surface area contributed by atoms with E-state index in [1.807, 2.05) is 18.2 Å². The predicted octanol–water partition coefficient (Wildman–Crippen LogP) is 4.66. The van der Waals surface area contributed by atoms with Gasteiger partial charge in [-0.1, -0.05) is 50.2 Å². The fraction of sp³-hybridized carbons (Fsp3) is 0.304. The SMILES string of the molecule is CC[C@@H](C)c1ccccc1OCCn1cc(/C=N\NC(=S)NC)c2ccccc21. The van der Waals surface area contributed by atoms with Crippen LogP contribution in [-0.4, -0.2) is 29.5 Å². The van der Waals surface area contributed by atoms with Crippen LogP contribution in [0.2, 0.25) is 0 Å². The van der Waals surface area contributed by atoms with Gasteiger partial charge in [0.2, 0.25) is 0 Å². The molecule has 5 nitrogen and oxygen atoms in total. The Bertz CT molecular complexity index is 995. The minimum Gasteiger partial charge on any atom is -0.491 e. The molecule has 0 aliphatic rings. The van der Waals surface area contributed by atoms with Gasteiger partial charge < -0.3 is 14.6 Å². The lowest BCUT2D eigenvalue weighted by atomic mass is 9.98. The zero-order chi connectivity index (χ0) is 20.6. The molecule has 0 aliphatic carbocycles. The Morgan fingerprint density at radius 1 is 1.21 bits per heavy atom. The molecule has 0 aliphatic heterocycles. The summed E-state index contributed by atoms with van der Waals surface area (Å²) in [7, 11) is 1.76. The molecule has 0 saturated heterocycles. The summed E-state index contributed by atoms with van der Waals surface area (Å²) in [6.07, 6.45) is 4.99. The van der Waals surface area contributed by atoms with Crippen LogP contribution in [0.15, 0.2) is 59.8 Å². The number of para-hydroxylation sites is 2. The molecule has 1 heterocycles. The summed E-state index contributed by atoms with van der Waals surface area (Å²) in [5.41, 5.74) is 6.26. The van der Waals surface area contributed by atoms with E-state index in [0.717, 1.165) is 35.2 Å². The Balaban J connectivity index is 1.74. The molecule has 0 radical (unpaired) electrons. The maximum atomic E-state index is 6.16. The van der Waals surface area contributed by atoms with Gasteiger partial charge in [-0.2, -0.15) is 5.10 Å². The number of nitrogens with zero attached hydrogens (tertiary/aromatic N) is 2. The van der Waals surface area contributed by atoms with Gasteiger partial charge in [0.05, 0.1) is 12.8 Å². The summed E-state index contributed by atoms with van der Waals surface area (Å²) in [5.74, 6) is 1.46. The van der Waals surface area contributed by atoms with E-state index in [0.29, 0.717) is 17.6 Å². The Kier molecular flexibility index (Phi) is 7.25. The number of rotatable bonds is 8. The quantitative estimate of drug-likeness (QED) is 0.323. The van der Waals surface area contributed by atoms with Crippen molar-refractivity contribution in [1.82, 2.24) is 15.3 Å². The molecule has 3 rings (SSSR count). The molecule has 2 aromatic carbocycles. The Hall–Kier alpha value is -2.86. The summed E-state index contributed by atoms with van der Waals surface area (Å²) < 4.78 is 8.36. The largest absolute Gasteiger partial charge is 0.491 e. The molecule has 0 amide bonds. The second-order valence-corrected chi connectivity index (χ2v) is 7.35. The van der Waals surface area contributed by atoms with Crippen LogP contribution in [0.1, 0.15) is 37.3 Å². The summed E-state index contributed by atoms with van der Waals surface area (Å²) in [6, 6.07) is 16.6. The highest BCUT2D eigenvalue weighted by molar-refractivity contribution is 7.80. The lowest BCUT2D eigenvalue weighted by Crippen LogP contribution is -2.28. The zero-order valence-electron chi connectivity index (χ0n) is 17.2. The molecule has 0 spiro atoms. The van der Waals surface area contributed by atoms with Crippen molar-refractivity contribution in [2.24, 2.45) is 5.10 Å². The standard InChI is InChI=1S/C23H28N4OS/c1-4-17(2)19-9-6-8-12-22(19)28-14-13-27-16-18(15-25-26-23(29)24-3)20-10-5-7-11-21(20)27/h5-12,15-17H,4,13-14H2,1-3H3,(H2,24,26,29)/b25-15-/t17-/m1/s1. The first-order valence-electron chi connectivity index (χ1n) is 9.94. The first kappa shape index (κ1) is 20.9. The summed E-state index contributed by atoms with van der Waals surface area (Å²) >= 11 is 5.06. The predicted molar refractivity (Wildman–Crippen MR) is 125 cm³/mol. The fourth-order valence-electron chi connectivity index (χ4n) is 3.27. The topological polar surface area (TPSA) is 50.6 Å². The second-order valence-electron chi connectivity index (χ2n) is 6.94. The molecule has 1 atom stereocenters. The number of hydrogen-bond acceptors (Lipinski definition) is 3. The molecule has 0 unspecified atom stereocenters. The van der Waals surface area contributed by atoms with E-state index in [1.54, 1.807) is 13.3 Å². The molecule has 0 saturated carbocycles. The number of ether oxygens (including phenoxy) is 1. The second kappa shape index (κ2) is 10.1. The van der Waals surface area contributed by atoms with E-state index in [-0.39, 0.29) is 0 Å². The van der Waals surface area contributed by atoms with Crippen molar-refractivity contribution in [3.8, 4) is 5.75 Å². The summed E-state index contributed by atoms with van der Waals surface area (Å²) in [6.45, 7) is 5.80. The summed E-state index contributed by atoms with van der Waals surface area (Å²) in [5, 5.41) is 8.69. The highest BCUT2D eigenvalue weighted by atomic mass is 32.1. The Labute approximate surface area is 177 Å². The molecule has 152 valence electrons. The molecule has 29 heavy (non-hydrogen) atoms.